The van der Waals surface area contributed by atoms with Crippen LogP contribution in [0.3, 0.4) is 0 Å². The predicted molar refractivity (Wildman–Crippen MR) is 45.7 cm³/mol. The first kappa shape index (κ1) is 9.48. The van der Waals surface area contributed by atoms with E-state index < -0.39 is 0 Å². The van der Waals surface area contributed by atoms with E-state index in [0.717, 1.165) is 19.6 Å². The Labute approximate surface area is 72.6 Å². The third kappa shape index (κ3) is 2.19. The van der Waals surface area contributed by atoms with Crippen molar-refractivity contribution in [1.82, 2.24) is 10.2 Å². The molecule has 2 N–H and O–H groups in total. The molecule has 0 aromatic heterocycles. The first-order chi connectivity index (χ1) is 5.75. The zero-order valence-corrected chi connectivity index (χ0v) is 7.42. The van der Waals surface area contributed by atoms with Gasteiger partial charge in [-0.3, -0.25) is 4.79 Å². The first-order valence-corrected chi connectivity index (χ1v) is 4.36. The molecule has 1 aliphatic rings. The monoisotopic (exact) mass is 172 g/mol. The Morgan fingerprint density at radius 3 is 3.08 bits per heavy atom. The molecule has 1 unspecified atom stereocenters. The Balaban J connectivity index is 2.42. The molecule has 1 heterocycles. The Morgan fingerprint density at radius 2 is 2.50 bits per heavy atom. The van der Waals surface area contributed by atoms with Crippen LogP contribution in [0.1, 0.15) is 13.3 Å². The lowest BCUT2D eigenvalue weighted by molar-refractivity contribution is -0.134. The number of hydrogen-bond donors (Lipinski definition) is 2. The van der Waals surface area contributed by atoms with E-state index in [2.05, 4.69) is 5.32 Å². The molecule has 70 valence electrons. The summed E-state index contributed by atoms with van der Waals surface area (Å²) in [5, 5.41) is 11.8. The molecule has 0 saturated carbocycles. The second-order valence-corrected chi connectivity index (χ2v) is 3.11. The van der Waals surface area contributed by atoms with Gasteiger partial charge in [0.05, 0.1) is 6.61 Å². The number of nitrogens with one attached hydrogen (secondary N) is 1. The van der Waals surface area contributed by atoms with Crippen molar-refractivity contribution < 1.29 is 9.90 Å². The summed E-state index contributed by atoms with van der Waals surface area (Å²) in [6.45, 7) is 4.45. The van der Waals surface area contributed by atoms with Crippen molar-refractivity contribution in [1.29, 1.82) is 0 Å². The van der Waals surface area contributed by atoms with Crippen LogP contribution in [0.25, 0.3) is 0 Å². The number of hydrogen-bond acceptors (Lipinski definition) is 3. The van der Waals surface area contributed by atoms with Gasteiger partial charge in [0, 0.05) is 32.1 Å². The van der Waals surface area contributed by atoms with Crippen molar-refractivity contribution in [3.8, 4) is 0 Å². The van der Waals surface area contributed by atoms with Crippen molar-refractivity contribution in [3.63, 3.8) is 0 Å². The summed E-state index contributed by atoms with van der Waals surface area (Å²) in [4.78, 5) is 13.2. The SMILES string of the molecule is CC1CNCCN1C(=O)CCO. The van der Waals surface area contributed by atoms with E-state index >= 15 is 0 Å². The smallest absolute Gasteiger partial charge is 0.225 e. The fourth-order valence-electron chi connectivity index (χ4n) is 1.45. The molecule has 12 heavy (non-hydrogen) atoms. The zero-order valence-electron chi connectivity index (χ0n) is 7.42. The largest absolute Gasteiger partial charge is 0.396 e. The number of carbonyl (C=O) groups excluding carboxylic acids is 1. The van der Waals surface area contributed by atoms with Crippen LogP contribution < -0.4 is 5.32 Å². The van der Waals surface area contributed by atoms with Crippen LogP contribution >= 0.6 is 0 Å². The van der Waals surface area contributed by atoms with Crippen LogP contribution in [0.2, 0.25) is 0 Å². The van der Waals surface area contributed by atoms with Crippen LogP contribution in [0, 0.1) is 0 Å². The van der Waals surface area contributed by atoms with Crippen molar-refractivity contribution in [2.45, 2.75) is 19.4 Å². The summed E-state index contributed by atoms with van der Waals surface area (Å²) in [5.74, 6) is 0.0616. The second kappa shape index (κ2) is 4.42. The van der Waals surface area contributed by atoms with Crippen LogP contribution in [0.15, 0.2) is 0 Å². The molecule has 1 aliphatic heterocycles. The van der Waals surface area contributed by atoms with Crippen LogP contribution in [0.5, 0.6) is 0 Å². The molecule has 1 amide bonds. The molecular weight excluding hydrogens is 156 g/mol. The average Bonchev–Trinajstić information content (AvgIpc) is 2.05. The predicted octanol–water partition coefficient (Wildman–Crippen LogP) is -0.811. The molecule has 1 saturated heterocycles. The van der Waals surface area contributed by atoms with Crippen LogP contribution in [-0.4, -0.2) is 48.2 Å². The molecule has 4 heteroatoms. The van der Waals surface area contributed by atoms with E-state index in [9.17, 15) is 4.79 Å². The van der Waals surface area contributed by atoms with Gasteiger partial charge in [0.1, 0.15) is 0 Å². The quantitative estimate of drug-likeness (QED) is 0.573. The molecule has 0 aromatic carbocycles. The highest BCUT2D eigenvalue weighted by molar-refractivity contribution is 5.76. The summed E-state index contributed by atoms with van der Waals surface area (Å²) in [7, 11) is 0. The molecule has 1 atom stereocenters. The molecule has 1 rings (SSSR count). The van der Waals surface area contributed by atoms with E-state index in [4.69, 9.17) is 5.11 Å². The molecule has 4 nitrogen and oxygen atoms in total. The molecule has 0 aliphatic carbocycles. The van der Waals surface area contributed by atoms with Crippen molar-refractivity contribution in [3.05, 3.63) is 0 Å². The number of aliphatic hydroxyl groups is 1. The third-order valence-electron chi connectivity index (χ3n) is 2.15. The first-order valence-electron chi connectivity index (χ1n) is 4.36. The summed E-state index contributed by atoms with van der Waals surface area (Å²) >= 11 is 0. The normalized spacial score (nSPS) is 24.2. The van der Waals surface area contributed by atoms with Gasteiger partial charge >= 0.3 is 0 Å². The highest BCUT2D eigenvalue weighted by Crippen LogP contribution is 2.04. The molecule has 1 fully saturated rings. The summed E-state index contributed by atoms with van der Waals surface area (Å²) in [5.41, 5.74) is 0. The van der Waals surface area contributed by atoms with Gasteiger partial charge < -0.3 is 15.3 Å². The molecule has 0 aromatic rings. The number of carbonyl (C=O) groups is 1. The number of rotatable bonds is 2. The van der Waals surface area contributed by atoms with Crippen LogP contribution in [0.4, 0.5) is 0 Å². The molecule has 0 spiro atoms. The molecule has 0 bridgehead atoms. The minimum absolute atomic E-state index is 0.0461. The summed E-state index contributed by atoms with van der Waals surface area (Å²) in [6.07, 6.45) is 0.254. The maximum Gasteiger partial charge on any atom is 0.225 e. The topological polar surface area (TPSA) is 52.6 Å². The van der Waals surface area contributed by atoms with Gasteiger partial charge in [0.25, 0.3) is 0 Å². The minimum atomic E-state index is -0.0461. The maximum absolute atomic E-state index is 11.3. The minimum Gasteiger partial charge on any atom is -0.396 e. The Bertz CT molecular complexity index is 161. The van der Waals surface area contributed by atoms with Gasteiger partial charge in [0.15, 0.2) is 0 Å². The van der Waals surface area contributed by atoms with E-state index in [1.807, 2.05) is 11.8 Å². The maximum atomic E-state index is 11.3. The van der Waals surface area contributed by atoms with Gasteiger partial charge in [-0.15, -0.1) is 0 Å². The van der Waals surface area contributed by atoms with Crippen molar-refractivity contribution >= 4 is 5.91 Å². The van der Waals surface area contributed by atoms with Crippen LogP contribution in [-0.2, 0) is 4.79 Å². The van der Waals surface area contributed by atoms with E-state index in [1.165, 1.54) is 0 Å². The van der Waals surface area contributed by atoms with Gasteiger partial charge in [-0.25, -0.2) is 0 Å². The lowest BCUT2D eigenvalue weighted by Crippen LogP contribution is -2.52. The van der Waals surface area contributed by atoms with E-state index in [1.54, 1.807) is 0 Å². The van der Waals surface area contributed by atoms with E-state index in [0.29, 0.717) is 0 Å². The number of amides is 1. The van der Waals surface area contributed by atoms with E-state index in [-0.39, 0.29) is 25.0 Å². The Hall–Kier alpha value is -0.610. The number of aliphatic hydroxyl groups excluding tert-OH is 1. The van der Waals surface area contributed by atoms with Crippen molar-refractivity contribution in [2.24, 2.45) is 0 Å². The lowest BCUT2D eigenvalue weighted by Gasteiger charge is -2.33. The second-order valence-electron chi connectivity index (χ2n) is 3.11. The highest BCUT2D eigenvalue weighted by Gasteiger charge is 2.21. The number of nitrogens with zero attached hydrogens (tertiary/aromatic N) is 1. The molecular formula is C8H16N2O2. The Kier molecular flexibility index (Phi) is 3.49. The average molecular weight is 172 g/mol. The van der Waals surface area contributed by atoms with Gasteiger partial charge in [-0.2, -0.15) is 0 Å². The van der Waals surface area contributed by atoms with Gasteiger partial charge in [-0.05, 0) is 6.92 Å². The fourth-order valence-corrected chi connectivity index (χ4v) is 1.45. The number of piperazine rings is 1. The summed E-state index contributed by atoms with van der Waals surface area (Å²) in [6, 6.07) is 0.262. The molecule has 0 radical (unpaired) electrons. The van der Waals surface area contributed by atoms with Gasteiger partial charge in [-0.1, -0.05) is 0 Å². The zero-order chi connectivity index (χ0) is 8.97. The lowest BCUT2D eigenvalue weighted by atomic mass is 10.2. The standard InChI is InChI=1S/C8H16N2O2/c1-7-6-9-3-4-10(7)8(12)2-5-11/h7,9,11H,2-6H2,1H3. The highest BCUT2D eigenvalue weighted by atomic mass is 16.3. The third-order valence-corrected chi connectivity index (χ3v) is 2.15. The summed E-state index contributed by atoms with van der Waals surface area (Å²) < 4.78 is 0. The fraction of sp³-hybridized carbons (Fsp3) is 0.875. The Morgan fingerprint density at radius 1 is 1.75 bits per heavy atom. The van der Waals surface area contributed by atoms with Crippen molar-refractivity contribution in [2.75, 3.05) is 26.2 Å². The van der Waals surface area contributed by atoms with Gasteiger partial charge in [0.2, 0.25) is 5.91 Å².